The van der Waals surface area contributed by atoms with Crippen molar-refractivity contribution < 1.29 is 5.21 Å². The van der Waals surface area contributed by atoms with Crippen molar-refractivity contribution in [1.29, 1.82) is 0 Å². The van der Waals surface area contributed by atoms with Gasteiger partial charge in [-0.25, -0.2) is 0 Å². The molecule has 1 aliphatic carbocycles. The highest BCUT2D eigenvalue weighted by Crippen LogP contribution is 2.38. The van der Waals surface area contributed by atoms with Gasteiger partial charge in [-0.05, 0) is 65.0 Å². The summed E-state index contributed by atoms with van der Waals surface area (Å²) < 4.78 is 0. The van der Waals surface area contributed by atoms with Crippen molar-refractivity contribution in [1.82, 2.24) is 4.90 Å². The number of piperidine rings is 1. The number of rotatable bonds is 2. The normalized spacial score (nSPS) is 36.8. The minimum Gasteiger partial charge on any atom is -0.411 e. The molecule has 1 saturated carbocycles. The maximum Gasteiger partial charge on any atom is 0.0776 e. The van der Waals surface area contributed by atoms with Crippen LogP contribution >= 0.6 is 0 Å². The first-order valence-corrected chi connectivity index (χ1v) is 7.20. The Morgan fingerprint density at radius 1 is 1.39 bits per heavy atom. The van der Waals surface area contributed by atoms with E-state index in [2.05, 4.69) is 30.5 Å². The molecule has 0 radical (unpaired) electrons. The molecule has 2 atom stereocenters. The summed E-state index contributed by atoms with van der Waals surface area (Å²) in [5.74, 6) is 0.494. The quantitative estimate of drug-likeness (QED) is 0.463. The van der Waals surface area contributed by atoms with Gasteiger partial charge in [0, 0.05) is 0 Å². The second-order valence-corrected chi connectivity index (χ2v) is 6.15. The van der Waals surface area contributed by atoms with Gasteiger partial charge in [-0.1, -0.05) is 23.7 Å². The zero-order valence-electron chi connectivity index (χ0n) is 11.8. The van der Waals surface area contributed by atoms with E-state index < -0.39 is 0 Å². The number of likely N-dealkylation sites (tertiary alicyclic amines) is 1. The molecular formula is C15H26N2O. The Bertz CT molecular complexity index is 344. The Morgan fingerprint density at radius 2 is 2.06 bits per heavy atom. The van der Waals surface area contributed by atoms with Gasteiger partial charge in [0.15, 0.2) is 0 Å². The average molecular weight is 250 g/mol. The molecule has 1 aliphatic heterocycles. The van der Waals surface area contributed by atoms with Crippen LogP contribution in [0.3, 0.4) is 0 Å². The van der Waals surface area contributed by atoms with Crippen molar-refractivity contribution in [3.05, 3.63) is 12.2 Å². The van der Waals surface area contributed by atoms with E-state index in [4.69, 9.17) is 0 Å². The molecule has 3 nitrogen and oxygen atoms in total. The van der Waals surface area contributed by atoms with Crippen molar-refractivity contribution in [2.24, 2.45) is 11.1 Å². The van der Waals surface area contributed by atoms with Crippen LogP contribution in [-0.4, -0.2) is 34.4 Å². The second kappa shape index (κ2) is 5.43. The lowest BCUT2D eigenvalue weighted by atomic mass is 9.72. The zero-order valence-corrected chi connectivity index (χ0v) is 11.8. The summed E-state index contributed by atoms with van der Waals surface area (Å²) in [6.07, 6.45) is 7.02. The Labute approximate surface area is 111 Å². The molecule has 0 bridgehead atoms. The fourth-order valence-electron chi connectivity index (χ4n) is 3.45. The standard InChI is InChI=1S/C15H26N2O/c1-12(2)13-7-8-15(3,14(11-13)16-18)17-9-5-4-6-10-17/h13,18H,1,4-11H2,2-3H3/b16-14-/t13-,15-/m0/s1. The smallest absolute Gasteiger partial charge is 0.0776 e. The van der Waals surface area contributed by atoms with Crippen LogP contribution in [0.25, 0.3) is 0 Å². The Kier molecular flexibility index (Phi) is 4.10. The highest BCUT2D eigenvalue weighted by atomic mass is 16.4. The topological polar surface area (TPSA) is 35.8 Å². The van der Waals surface area contributed by atoms with Gasteiger partial charge in [0.2, 0.25) is 0 Å². The summed E-state index contributed by atoms with van der Waals surface area (Å²) >= 11 is 0. The van der Waals surface area contributed by atoms with Crippen molar-refractivity contribution in [2.75, 3.05) is 13.1 Å². The molecule has 0 amide bonds. The van der Waals surface area contributed by atoms with Crippen LogP contribution in [0.5, 0.6) is 0 Å². The van der Waals surface area contributed by atoms with Crippen molar-refractivity contribution >= 4 is 5.71 Å². The largest absolute Gasteiger partial charge is 0.411 e. The van der Waals surface area contributed by atoms with E-state index in [0.29, 0.717) is 5.92 Å². The van der Waals surface area contributed by atoms with Crippen molar-refractivity contribution in [3.8, 4) is 0 Å². The van der Waals surface area contributed by atoms with E-state index in [1.54, 1.807) is 0 Å². The molecule has 1 heterocycles. The molecule has 18 heavy (non-hydrogen) atoms. The van der Waals surface area contributed by atoms with E-state index >= 15 is 0 Å². The minimum atomic E-state index is -0.0267. The molecule has 0 spiro atoms. The maximum absolute atomic E-state index is 9.39. The number of hydrogen-bond acceptors (Lipinski definition) is 3. The van der Waals surface area contributed by atoms with Gasteiger partial charge in [0.25, 0.3) is 0 Å². The van der Waals surface area contributed by atoms with E-state index in [9.17, 15) is 5.21 Å². The molecule has 1 N–H and O–H groups in total. The van der Waals surface area contributed by atoms with Crippen LogP contribution in [0.15, 0.2) is 17.3 Å². The highest BCUT2D eigenvalue weighted by Gasteiger charge is 2.42. The lowest BCUT2D eigenvalue weighted by Crippen LogP contribution is -2.56. The monoisotopic (exact) mass is 250 g/mol. The van der Waals surface area contributed by atoms with Gasteiger partial charge in [-0.3, -0.25) is 4.90 Å². The molecule has 0 aromatic carbocycles. The fraction of sp³-hybridized carbons (Fsp3) is 0.800. The van der Waals surface area contributed by atoms with E-state index in [1.807, 2.05) is 0 Å². The summed E-state index contributed by atoms with van der Waals surface area (Å²) in [5.41, 5.74) is 2.15. The third-order valence-corrected chi connectivity index (χ3v) is 4.91. The lowest BCUT2D eigenvalue weighted by molar-refractivity contribution is 0.106. The van der Waals surface area contributed by atoms with Crippen LogP contribution in [0, 0.1) is 5.92 Å². The molecule has 102 valence electrons. The number of hydrogen-bond donors (Lipinski definition) is 1. The number of nitrogens with zero attached hydrogens (tertiary/aromatic N) is 2. The zero-order chi connectivity index (χ0) is 13.2. The van der Waals surface area contributed by atoms with E-state index in [1.165, 1.54) is 31.3 Å². The van der Waals surface area contributed by atoms with Crippen molar-refractivity contribution in [2.45, 2.75) is 57.9 Å². The van der Waals surface area contributed by atoms with E-state index in [0.717, 1.165) is 31.6 Å². The predicted molar refractivity (Wildman–Crippen MR) is 75.2 cm³/mol. The second-order valence-electron chi connectivity index (χ2n) is 6.15. The summed E-state index contributed by atoms with van der Waals surface area (Å²) in [4.78, 5) is 2.53. The number of allylic oxidation sites excluding steroid dienone is 1. The van der Waals surface area contributed by atoms with Crippen LogP contribution < -0.4 is 0 Å². The van der Waals surface area contributed by atoms with Crippen LogP contribution in [0.1, 0.15) is 52.4 Å². The average Bonchev–Trinajstić information content (AvgIpc) is 2.40. The van der Waals surface area contributed by atoms with Gasteiger partial charge in [-0.2, -0.15) is 0 Å². The third kappa shape index (κ3) is 2.46. The molecule has 2 fully saturated rings. The van der Waals surface area contributed by atoms with Gasteiger partial charge < -0.3 is 5.21 Å². The van der Waals surface area contributed by atoms with Gasteiger partial charge in [-0.15, -0.1) is 0 Å². The molecular weight excluding hydrogens is 224 g/mol. The molecule has 2 rings (SSSR count). The summed E-state index contributed by atoms with van der Waals surface area (Å²) in [6.45, 7) is 10.7. The van der Waals surface area contributed by atoms with Gasteiger partial charge in [0.1, 0.15) is 0 Å². The first-order chi connectivity index (χ1) is 8.58. The maximum atomic E-state index is 9.39. The number of oxime groups is 1. The summed E-state index contributed by atoms with van der Waals surface area (Å²) in [7, 11) is 0. The molecule has 3 heteroatoms. The summed E-state index contributed by atoms with van der Waals surface area (Å²) in [6, 6.07) is 0. The minimum absolute atomic E-state index is 0.0267. The van der Waals surface area contributed by atoms with Gasteiger partial charge in [0.05, 0.1) is 11.3 Å². The SMILES string of the molecule is C=C(C)[C@H]1CC[C@](C)(N2CCCCC2)/C(=N\O)C1. The molecule has 0 aromatic rings. The Balaban J connectivity index is 2.14. The Morgan fingerprint density at radius 3 is 2.61 bits per heavy atom. The molecule has 0 unspecified atom stereocenters. The molecule has 0 aromatic heterocycles. The van der Waals surface area contributed by atoms with Gasteiger partial charge >= 0.3 is 0 Å². The first kappa shape index (κ1) is 13.6. The van der Waals surface area contributed by atoms with Crippen LogP contribution in [-0.2, 0) is 0 Å². The van der Waals surface area contributed by atoms with E-state index in [-0.39, 0.29) is 5.54 Å². The fourth-order valence-corrected chi connectivity index (χ4v) is 3.45. The highest BCUT2D eigenvalue weighted by molar-refractivity contribution is 5.94. The summed E-state index contributed by atoms with van der Waals surface area (Å²) in [5, 5.41) is 13.0. The first-order valence-electron chi connectivity index (χ1n) is 7.20. The third-order valence-electron chi connectivity index (χ3n) is 4.91. The lowest BCUT2D eigenvalue weighted by Gasteiger charge is -2.47. The Hall–Kier alpha value is -0.830. The van der Waals surface area contributed by atoms with Crippen molar-refractivity contribution in [3.63, 3.8) is 0 Å². The van der Waals surface area contributed by atoms with Crippen LogP contribution in [0.2, 0.25) is 0 Å². The van der Waals surface area contributed by atoms with Crippen LogP contribution in [0.4, 0.5) is 0 Å². The molecule has 1 saturated heterocycles. The predicted octanol–water partition coefficient (Wildman–Crippen LogP) is 3.44. The molecule has 2 aliphatic rings.